The lowest BCUT2D eigenvalue weighted by molar-refractivity contribution is -0.120. The highest BCUT2D eigenvalue weighted by atomic mass is 127. The summed E-state index contributed by atoms with van der Waals surface area (Å²) >= 11 is 2.18. The second-order valence-electron chi connectivity index (χ2n) is 5.52. The molecule has 0 radical (unpaired) electrons. The van der Waals surface area contributed by atoms with Crippen molar-refractivity contribution >= 4 is 40.1 Å². The number of hydrogen-bond acceptors (Lipinski definition) is 3. The van der Waals surface area contributed by atoms with Crippen LogP contribution < -0.4 is 10.7 Å². The molecule has 1 aromatic carbocycles. The third-order valence-corrected chi connectivity index (χ3v) is 4.31. The van der Waals surface area contributed by atoms with E-state index in [-0.39, 0.29) is 18.2 Å². The Morgan fingerprint density at radius 2 is 1.86 bits per heavy atom. The Morgan fingerprint density at radius 3 is 2.50 bits per heavy atom. The number of nitrogens with one attached hydrogen (secondary N) is 2. The molecule has 1 fully saturated rings. The van der Waals surface area contributed by atoms with E-state index in [0.29, 0.717) is 17.3 Å². The van der Waals surface area contributed by atoms with Gasteiger partial charge in [0.05, 0.1) is 6.42 Å². The second kappa shape index (κ2) is 8.26. The molecule has 2 rings (SSSR count). The fraction of sp³-hybridized carbons (Fsp3) is 0.438. The maximum Gasteiger partial charge on any atom is 0.271 e. The van der Waals surface area contributed by atoms with Crippen molar-refractivity contribution < 1.29 is 9.59 Å². The predicted octanol–water partition coefficient (Wildman–Crippen LogP) is 2.85. The molecule has 1 aliphatic rings. The Hall–Kier alpha value is -1.44. The number of hydrazone groups is 1. The third-order valence-electron chi connectivity index (χ3n) is 3.59. The highest BCUT2D eigenvalue weighted by Crippen LogP contribution is 2.17. The molecule has 2 N–H and O–H groups in total. The quantitative estimate of drug-likeness (QED) is 0.443. The predicted molar refractivity (Wildman–Crippen MR) is 94.7 cm³/mol. The highest BCUT2D eigenvalue weighted by molar-refractivity contribution is 14.1. The van der Waals surface area contributed by atoms with Gasteiger partial charge in [-0.2, -0.15) is 5.10 Å². The summed E-state index contributed by atoms with van der Waals surface area (Å²) in [7, 11) is 0. The van der Waals surface area contributed by atoms with Gasteiger partial charge in [0.25, 0.3) is 5.91 Å². The Balaban J connectivity index is 1.80. The lowest BCUT2D eigenvalue weighted by Gasteiger charge is -2.11. The number of carbonyl (C=O) groups is 2. The van der Waals surface area contributed by atoms with Gasteiger partial charge in [0.2, 0.25) is 5.91 Å². The Kier molecular flexibility index (Phi) is 6.35. The second-order valence-corrected chi connectivity index (χ2v) is 6.77. The molecule has 0 atom stereocenters. The normalized spacial score (nSPS) is 15.6. The van der Waals surface area contributed by atoms with Crippen LogP contribution in [0.5, 0.6) is 0 Å². The van der Waals surface area contributed by atoms with Crippen LogP contribution in [0, 0.1) is 3.57 Å². The average molecular weight is 413 g/mol. The van der Waals surface area contributed by atoms with Gasteiger partial charge in [-0.05, 0) is 66.6 Å². The molecule has 0 aliphatic heterocycles. The van der Waals surface area contributed by atoms with Gasteiger partial charge in [0.1, 0.15) is 0 Å². The molecule has 1 saturated carbocycles. The van der Waals surface area contributed by atoms with Crippen molar-refractivity contribution in [2.75, 3.05) is 0 Å². The van der Waals surface area contributed by atoms with Gasteiger partial charge in [-0.1, -0.05) is 12.8 Å². The average Bonchev–Trinajstić information content (AvgIpc) is 2.98. The fourth-order valence-corrected chi connectivity index (χ4v) is 2.79. The smallest absolute Gasteiger partial charge is 0.271 e. The standard InChI is InChI=1S/C16H20IN3O2/c1-11(10-15(21)18-14-4-2-3-5-14)19-20-16(22)12-6-8-13(17)9-7-12/h6-9,14H,2-5,10H2,1H3,(H,18,21)(H,20,22)/b19-11+. The first-order valence-electron chi connectivity index (χ1n) is 7.43. The van der Waals surface area contributed by atoms with Crippen molar-refractivity contribution in [2.45, 2.75) is 45.1 Å². The zero-order valence-electron chi connectivity index (χ0n) is 12.6. The van der Waals surface area contributed by atoms with Gasteiger partial charge < -0.3 is 5.32 Å². The molecule has 2 amide bonds. The lowest BCUT2D eigenvalue weighted by atomic mass is 10.2. The number of nitrogens with zero attached hydrogens (tertiary/aromatic N) is 1. The van der Waals surface area contributed by atoms with Gasteiger partial charge in [0.15, 0.2) is 0 Å². The number of amides is 2. The zero-order chi connectivity index (χ0) is 15.9. The first-order chi connectivity index (χ1) is 10.5. The van der Waals surface area contributed by atoms with Crippen LogP contribution in [0.3, 0.4) is 0 Å². The van der Waals surface area contributed by atoms with E-state index >= 15 is 0 Å². The molecule has 118 valence electrons. The van der Waals surface area contributed by atoms with Crippen molar-refractivity contribution in [1.82, 2.24) is 10.7 Å². The van der Waals surface area contributed by atoms with Crippen LogP contribution in [0.25, 0.3) is 0 Å². The summed E-state index contributed by atoms with van der Waals surface area (Å²) in [6, 6.07) is 7.52. The number of hydrogen-bond donors (Lipinski definition) is 2. The first kappa shape index (κ1) is 16.9. The molecule has 0 saturated heterocycles. The van der Waals surface area contributed by atoms with E-state index in [9.17, 15) is 9.59 Å². The summed E-state index contributed by atoms with van der Waals surface area (Å²) in [5, 5.41) is 6.99. The van der Waals surface area contributed by atoms with E-state index < -0.39 is 0 Å². The molecule has 0 aromatic heterocycles. The molecular formula is C16H20IN3O2. The van der Waals surface area contributed by atoms with Crippen molar-refractivity contribution in [1.29, 1.82) is 0 Å². The van der Waals surface area contributed by atoms with E-state index in [1.165, 1.54) is 12.8 Å². The van der Waals surface area contributed by atoms with Gasteiger partial charge >= 0.3 is 0 Å². The van der Waals surface area contributed by atoms with Crippen LogP contribution in [-0.2, 0) is 4.79 Å². The minimum absolute atomic E-state index is 0.0309. The topological polar surface area (TPSA) is 70.6 Å². The molecule has 22 heavy (non-hydrogen) atoms. The van der Waals surface area contributed by atoms with Gasteiger partial charge in [-0.15, -0.1) is 0 Å². The molecule has 0 spiro atoms. The maximum atomic E-state index is 11.9. The Bertz CT molecular complexity index is 563. The molecule has 1 aromatic rings. The minimum Gasteiger partial charge on any atom is -0.353 e. The molecule has 5 nitrogen and oxygen atoms in total. The SMILES string of the molecule is C/C(CC(=O)NC1CCCC1)=N\NC(=O)c1ccc(I)cc1. The summed E-state index contributed by atoms with van der Waals surface area (Å²) in [5.41, 5.74) is 3.62. The van der Waals surface area contributed by atoms with Crippen LogP contribution >= 0.6 is 22.6 Å². The van der Waals surface area contributed by atoms with E-state index in [2.05, 4.69) is 38.4 Å². The number of carbonyl (C=O) groups excluding carboxylic acids is 2. The summed E-state index contributed by atoms with van der Waals surface area (Å²) in [4.78, 5) is 23.8. The van der Waals surface area contributed by atoms with Crippen molar-refractivity contribution in [3.63, 3.8) is 0 Å². The van der Waals surface area contributed by atoms with Crippen molar-refractivity contribution in [3.8, 4) is 0 Å². The molecule has 0 bridgehead atoms. The molecule has 0 heterocycles. The largest absolute Gasteiger partial charge is 0.353 e. The number of halogens is 1. The van der Waals surface area contributed by atoms with Crippen LogP contribution in [0.4, 0.5) is 0 Å². The van der Waals surface area contributed by atoms with E-state index in [0.717, 1.165) is 16.4 Å². The van der Waals surface area contributed by atoms with Gasteiger partial charge in [-0.3, -0.25) is 9.59 Å². The summed E-state index contributed by atoms with van der Waals surface area (Å²) in [6.07, 6.45) is 4.70. The Morgan fingerprint density at radius 1 is 1.23 bits per heavy atom. The van der Waals surface area contributed by atoms with E-state index in [4.69, 9.17) is 0 Å². The minimum atomic E-state index is -0.271. The number of rotatable bonds is 5. The summed E-state index contributed by atoms with van der Waals surface area (Å²) in [6.45, 7) is 1.74. The van der Waals surface area contributed by atoms with Crippen molar-refractivity contribution in [3.05, 3.63) is 33.4 Å². The molecule has 6 heteroatoms. The van der Waals surface area contributed by atoms with Crippen LogP contribution in [0.1, 0.15) is 49.4 Å². The first-order valence-corrected chi connectivity index (χ1v) is 8.51. The summed E-state index contributed by atoms with van der Waals surface area (Å²) in [5.74, 6) is -0.302. The van der Waals surface area contributed by atoms with E-state index in [1.807, 2.05) is 12.1 Å². The van der Waals surface area contributed by atoms with Crippen LogP contribution in [-0.4, -0.2) is 23.6 Å². The van der Waals surface area contributed by atoms with Crippen LogP contribution in [0.15, 0.2) is 29.4 Å². The summed E-state index contributed by atoms with van der Waals surface area (Å²) < 4.78 is 1.07. The molecule has 0 unspecified atom stereocenters. The van der Waals surface area contributed by atoms with Crippen LogP contribution in [0.2, 0.25) is 0 Å². The zero-order valence-corrected chi connectivity index (χ0v) is 14.7. The molecular weight excluding hydrogens is 393 g/mol. The fourth-order valence-electron chi connectivity index (χ4n) is 2.43. The van der Waals surface area contributed by atoms with Gasteiger partial charge in [0, 0.05) is 20.9 Å². The monoisotopic (exact) mass is 413 g/mol. The highest BCUT2D eigenvalue weighted by Gasteiger charge is 2.17. The Labute approximate surface area is 144 Å². The lowest BCUT2D eigenvalue weighted by Crippen LogP contribution is -2.33. The van der Waals surface area contributed by atoms with E-state index in [1.54, 1.807) is 19.1 Å². The third kappa shape index (κ3) is 5.40. The maximum absolute atomic E-state index is 11.9. The molecule has 1 aliphatic carbocycles. The van der Waals surface area contributed by atoms with Gasteiger partial charge in [-0.25, -0.2) is 5.43 Å². The number of benzene rings is 1. The van der Waals surface area contributed by atoms with Crippen molar-refractivity contribution in [2.24, 2.45) is 5.10 Å².